The summed E-state index contributed by atoms with van der Waals surface area (Å²) in [7, 11) is 1.59. The van der Waals surface area contributed by atoms with Crippen LogP contribution in [0.3, 0.4) is 0 Å². The molecule has 5 heteroatoms. The van der Waals surface area contributed by atoms with Gasteiger partial charge in [0.2, 0.25) is 0 Å². The molecule has 2 aromatic rings. The molecule has 0 aliphatic rings. The number of methoxy groups -OCH3 is 1. The number of benzene rings is 2. The molecular weight excluding hydrogens is 464 g/mol. The maximum atomic E-state index is 13.0. The van der Waals surface area contributed by atoms with Crippen molar-refractivity contribution in [2.75, 3.05) is 7.11 Å². The minimum absolute atomic E-state index is 0.0677. The lowest BCUT2D eigenvalue weighted by molar-refractivity contribution is 0.103. The van der Waals surface area contributed by atoms with Crippen molar-refractivity contribution in [1.82, 2.24) is 0 Å². The van der Waals surface area contributed by atoms with E-state index in [1.807, 2.05) is 38.1 Å². The normalized spacial score (nSPS) is 10.6. The molecule has 0 N–H and O–H groups in total. The van der Waals surface area contributed by atoms with E-state index < -0.39 is 0 Å². The number of halogens is 3. The fourth-order valence-electron chi connectivity index (χ4n) is 2.19. The van der Waals surface area contributed by atoms with Crippen LogP contribution in [0, 0.1) is 13.8 Å². The van der Waals surface area contributed by atoms with Gasteiger partial charge in [-0.1, -0.05) is 47.8 Å². The van der Waals surface area contributed by atoms with E-state index in [-0.39, 0.29) is 5.78 Å². The van der Waals surface area contributed by atoms with Crippen LogP contribution in [0.5, 0.6) is 5.75 Å². The fraction of sp³-hybridized carbons (Fsp3) is 0.188. The highest BCUT2D eigenvalue weighted by atomic mass is 79.9. The first kappa shape index (κ1) is 16.7. The molecule has 0 atom stereocenters. The standard InChI is InChI=1S/C16H13Br3O2/c1-8-6-13(19)9(2)14(16(8)21-3)15(20)11-7-10(17)4-5-12(11)18/h4-7H,1-3H3. The number of hydrogen-bond donors (Lipinski definition) is 0. The largest absolute Gasteiger partial charge is 0.496 e. The summed E-state index contributed by atoms with van der Waals surface area (Å²) in [6.07, 6.45) is 0. The Hall–Kier alpha value is -0.650. The van der Waals surface area contributed by atoms with Crippen LogP contribution in [0.1, 0.15) is 27.0 Å². The van der Waals surface area contributed by atoms with Gasteiger partial charge in [-0.15, -0.1) is 0 Å². The molecule has 0 amide bonds. The van der Waals surface area contributed by atoms with Gasteiger partial charge in [0.05, 0.1) is 12.7 Å². The SMILES string of the molecule is COc1c(C)cc(Br)c(C)c1C(=O)c1cc(Br)ccc1Br. The quantitative estimate of drug-likeness (QED) is 0.521. The predicted octanol–water partition coefficient (Wildman–Crippen LogP) is 5.83. The van der Waals surface area contributed by atoms with Gasteiger partial charge in [-0.2, -0.15) is 0 Å². The zero-order chi connectivity index (χ0) is 15.7. The van der Waals surface area contributed by atoms with Crippen LogP contribution in [-0.4, -0.2) is 12.9 Å². The highest BCUT2D eigenvalue weighted by molar-refractivity contribution is 9.11. The number of hydrogen-bond acceptors (Lipinski definition) is 2. The van der Waals surface area contributed by atoms with Crippen molar-refractivity contribution in [2.24, 2.45) is 0 Å². The van der Waals surface area contributed by atoms with E-state index >= 15 is 0 Å². The van der Waals surface area contributed by atoms with Gasteiger partial charge in [0.1, 0.15) is 5.75 Å². The summed E-state index contributed by atoms with van der Waals surface area (Å²) in [4.78, 5) is 13.0. The van der Waals surface area contributed by atoms with Crippen LogP contribution >= 0.6 is 47.8 Å². The van der Waals surface area contributed by atoms with Crippen LogP contribution in [0.4, 0.5) is 0 Å². The third-order valence-corrected chi connectivity index (χ3v) is 5.27. The second-order valence-electron chi connectivity index (χ2n) is 4.66. The molecule has 0 radical (unpaired) electrons. The molecule has 2 aromatic carbocycles. The third-order valence-electron chi connectivity index (χ3n) is 3.27. The first-order valence-corrected chi connectivity index (χ1v) is 8.58. The van der Waals surface area contributed by atoms with Gasteiger partial charge in [-0.25, -0.2) is 0 Å². The lowest BCUT2D eigenvalue weighted by Gasteiger charge is -2.16. The van der Waals surface area contributed by atoms with E-state index in [4.69, 9.17) is 4.74 Å². The Morgan fingerprint density at radius 2 is 1.71 bits per heavy atom. The first-order valence-electron chi connectivity index (χ1n) is 6.20. The Morgan fingerprint density at radius 1 is 1.05 bits per heavy atom. The predicted molar refractivity (Wildman–Crippen MR) is 95.4 cm³/mol. The molecule has 0 unspecified atom stereocenters. The van der Waals surface area contributed by atoms with Gasteiger partial charge in [-0.3, -0.25) is 4.79 Å². The van der Waals surface area contributed by atoms with E-state index in [0.29, 0.717) is 16.9 Å². The lowest BCUT2D eigenvalue weighted by Crippen LogP contribution is -2.09. The van der Waals surface area contributed by atoms with Crippen molar-refractivity contribution in [3.8, 4) is 5.75 Å². The second kappa shape index (κ2) is 6.63. The molecular formula is C16H13Br3O2. The Bertz CT molecular complexity index is 724. The Balaban J connectivity index is 2.71. The topological polar surface area (TPSA) is 26.3 Å². The Labute approximate surface area is 149 Å². The first-order chi connectivity index (χ1) is 9.86. The molecule has 2 rings (SSSR count). The highest BCUT2D eigenvalue weighted by Gasteiger charge is 2.22. The van der Waals surface area contributed by atoms with Crippen molar-refractivity contribution in [3.05, 3.63) is 59.9 Å². The molecule has 0 aromatic heterocycles. The smallest absolute Gasteiger partial charge is 0.198 e. The van der Waals surface area contributed by atoms with Crippen molar-refractivity contribution < 1.29 is 9.53 Å². The number of aryl methyl sites for hydroxylation is 1. The molecule has 21 heavy (non-hydrogen) atoms. The van der Waals surface area contributed by atoms with Gasteiger partial charge in [0, 0.05) is 19.0 Å². The van der Waals surface area contributed by atoms with Crippen molar-refractivity contribution in [2.45, 2.75) is 13.8 Å². The summed E-state index contributed by atoms with van der Waals surface area (Å²) in [6, 6.07) is 7.50. The molecule has 0 saturated carbocycles. The Morgan fingerprint density at radius 3 is 2.33 bits per heavy atom. The van der Waals surface area contributed by atoms with Crippen LogP contribution in [0.25, 0.3) is 0 Å². The van der Waals surface area contributed by atoms with Gasteiger partial charge < -0.3 is 4.74 Å². The average molecular weight is 477 g/mol. The van der Waals surface area contributed by atoms with Gasteiger partial charge in [-0.05, 0) is 49.2 Å². The Kier molecular flexibility index (Phi) is 5.28. The van der Waals surface area contributed by atoms with E-state index in [1.165, 1.54) is 0 Å². The minimum Gasteiger partial charge on any atom is -0.496 e. The van der Waals surface area contributed by atoms with Gasteiger partial charge in [0.15, 0.2) is 5.78 Å². The minimum atomic E-state index is -0.0677. The summed E-state index contributed by atoms with van der Waals surface area (Å²) >= 11 is 10.4. The van der Waals surface area contributed by atoms with Crippen molar-refractivity contribution >= 4 is 53.6 Å². The van der Waals surface area contributed by atoms with Crippen LogP contribution < -0.4 is 4.74 Å². The second-order valence-corrected chi connectivity index (χ2v) is 7.29. The van der Waals surface area contributed by atoms with E-state index in [2.05, 4.69) is 47.8 Å². The highest BCUT2D eigenvalue weighted by Crippen LogP contribution is 2.35. The van der Waals surface area contributed by atoms with Crippen LogP contribution in [-0.2, 0) is 0 Å². The molecule has 0 saturated heterocycles. The third kappa shape index (κ3) is 3.25. The van der Waals surface area contributed by atoms with Crippen molar-refractivity contribution in [1.29, 1.82) is 0 Å². The molecule has 0 bridgehead atoms. The summed E-state index contributed by atoms with van der Waals surface area (Å²) in [5.41, 5.74) is 2.98. The number of ether oxygens (including phenoxy) is 1. The van der Waals surface area contributed by atoms with E-state index in [9.17, 15) is 4.79 Å². The lowest BCUT2D eigenvalue weighted by atomic mass is 9.96. The molecule has 0 heterocycles. The monoisotopic (exact) mass is 474 g/mol. The summed E-state index contributed by atoms with van der Waals surface area (Å²) < 4.78 is 7.97. The number of carbonyl (C=O) groups is 1. The average Bonchev–Trinajstić information content (AvgIpc) is 2.44. The fourth-order valence-corrected chi connectivity index (χ4v) is 3.52. The zero-order valence-corrected chi connectivity index (χ0v) is 16.5. The number of rotatable bonds is 3. The molecule has 0 aliphatic heterocycles. The van der Waals surface area contributed by atoms with Crippen molar-refractivity contribution in [3.63, 3.8) is 0 Å². The summed E-state index contributed by atoms with van der Waals surface area (Å²) in [5.74, 6) is 0.550. The van der Waals surface area contributed by atoms with E-state index in [0.717, 1.165) is 24.5 Å². The number of carbonyl (C=O) groups excluding carboxylic acids is 1. The summed E-state index contributed by atoms with van der Waals surface area (Å²) in [5, 5.41) is 0. The van der Waals surface area contributed by atoms with Gasteiger partial charge in [0.25, 0.3) is 0 Å². The molecule has 0 fully saturated rings. The molecule has 2 nitrogen and oxygen atoms in total. The van der Waals surface area contributed by atoms with Crippen LogP contribution in [0.2, 0.25) is 0 Å². The summed E-state index contributed by atoms with van der Waals surface area (Å²) in [6.45, 7) is 3.83. The molecule has 110 valence electrons. The zero-order valence-electron chi connectivity index (χ0n) is 11.8. The number of ketones is 1. The van der Waals surface area contributed by atoms with Gasteiger partial charge >= 0.3 is 0 Å². The maximum absolute atomic E-state index is 13.0. The molecule has 0 aliphatic carbocycles. The van der Waals surface area contributed by atoms with E-state index in [1.54, 1.807) is 7.11 Å². The van der Waals surface area contributed by atoms with Crippen LogP contribution in [0.15, 0.2) is 37.7 Å². The maximum Gasteiger partial charge on any atom is 0.198 e. The molecule has 0 spiro atoms.